The van der Waals surface area contributed by atoms with Crippen molar-refractivity contribution in [2.45, 2.75) is 20.3 Å². The third-order valence-corrected chi connectivity index (χ3v) is 2.93. The molecule has 0 spiro atoms. The van der Waals surface area contributed by atoms with E-state index in [1.54, 1.807) is 6.07 Å². The first-order valence-electron chi connectivity index (χ1n) is 6.35. The molecule has 19 heavy (non-hydrogen) atoms. The van der Waals surface area contributed by atoms with Crippen molar-refractivity contribution in [1.82, 2.24) is 0 Å². The van der Waals surface area contributed by atoms with E-state index in [1.165, 1.54) is 12.1 Å². The molecule has 0 unspecified atom stereocenters. The summed E-state index contributed by atoms with van der Waals surface area (Å²) in [6.45, 7) is 6.32. The first-order valence-corrected chi connectivity index (χ1v) is 6.73. The largest absolute Gasteiger partial charge is 0.478 e. The Morgan fingerprint density at radius 3 is 2.74 bits per heavy atom. The summed E-state index contributed by atoms with van der Waals surface area (Å²) in [5.74, 6) is -0.337. The highest BCUT2D eigenvalue weighted by atomic mass is 35.5. The van der Waals surface area contributed by atoms with Crippen molar-refractivity contribution in [2.75, 3.05) is 25.1 Å². The Morgan fingerprint density at radius 2 is 2.16 bits per heavy atom. The molecule has 0 radical (unpaired) electrons. The predicted octanol–water partition coefficient (Wildman–Crippen LogP) is 3.51. The number of nitrogens with one attached hydrogen (secondary N) is 1. The highest BCUT2D eigenvalue weighted by molar-refractivity contribution is 6.33. The van der Waals surface area contributed by atoms with Gasteiger partial charge in [0.15, 0.2) is 0 Å². The van der Waals surface area contributed by atoms with Crippen LogP contribution in [0.3, 0.4) is 0 Å². The van der Waals surface area contributed by atoms with Crippen molar-refractivity contribution in [3.8, 4) is 0 Å². The van der Waals surface area contributed by atoms with E-state index >= 15 is 0 Å². The maximum absolute atomic E-state index is 10.8. The fourth-order valence-electron chi connectivity index (χ4n) is 1.47. The summed E-state index contributed by atoms with van der Waals surface area (Å²) in [7, 11) is 0. The highest BCUT2D eigenvalue weighted by Crippen LogP contribution is 2.22. The van der Waals surface area contributed by atoms with E-state index < -0.39 is 5.97 Å². The summed E-state index contributed by atoms with van der Waals surface area (Å²) in [5, 5.41) is 12.3. The van der Waals surface area contributed by atoms with Gasteiger partial charge < -0.3 is 15.2 Å². The Labute approximate surface area is 118 Å². The van der Waals surface area contributed by atoms with E-state index in [0.29, 0.717) is 24.1 Å². The number of benzene rings is 1. The molecule has 5 heteroatoms. The Morgan fingerprint density at radius 1 is 1.42 bits per heavy atom. The fourth-order valence-corrected chi connectivity index (χ4v) is 1.72. The van der Waals surface area contributed by atoms with Crippen LogP contribution in [-0.4, -0.2) is 30.8 Å². The number of carboxylic acid groups (broad SMARTS) is 1. The molecule has 0 aromatic heterocycles. The van der Waals surface area contributed by atoms with Crippen molar-refractivity contribution in [3.05, 3.63) is 28.8 Å². The van der Waals surface area contributed by atoms with E-state index in [0.717, 1.165) is 18.7 Å². The van der Waals surface area contributed by atoms with E-state index in [-0.39, 0.29) is 5.56 Å². The van der Waals surface area contributed by atoms with Gasteiger partial charge in [0.2, 0.25) is 0 Å². The monoisotopic (exact) mass is 285 g/mol. The lowest BCUT2D eigenvalue weighted by molar-refractivity contribution is 0.0697. The number of hydrogen-bond donors (Lipinski definition) is 2. The summed E-state index contributed by atoms with van der Waals surface area (Å²) in [6, 6.07) is 4.63. The number of rotatable bonds is 8. The predicted molar refractivity (Wildman–Crippen MR) is 77.2 cm³/mol. The Kier molecular flexibility index (Phi) is 6.67. The topological polar surface area (TPSA) is 58.6 Å². The second kappa shape index (κ2) is 8.02. The van der Waals surface area contributed by atoms with Crippen LogP contribution in [-0.2, 0) is 4.74 Å². The molecule has 2 N–H and O–H groups in total. The van der Waals surface area contributed by atoms with Gasteiger partial charge in [-0.3, -0.25) is 0 Å². The zero-order valence-corrected chi connectivity index (χ0v) is 12.0. The van der Waals surface area contributed by atoms with Gasteiger partial charge in [-0.1, -0.05) is 25.4 Å². The molecule has 4 nitrogen and oxygen atoms in total. The second-order valence-electron chi connectivity index (χ2n) is 4.72. The van der Waals surface area contributed by atoms with Crippen LogP contribution in [0.1, 0.15) is 30.6 Å². The molecule has 0 bridgehead atoms. The van der Waals surface area contributed by atoms with Crippen LogP contribution in [0.4, 0.5) is 5.69 Å². The molecule has 0 fully saturated rings. The lowest BCUT2D eigenvalue weighted by atomic mass is 10.1. The molecule has 0 aliphatic rings. The van der Waals surface area contributed by atoms with Gasteiger partial charge in [-0.15, -0.1) is 0 Å². The number of carbonyl (C=O) groups is 1. The Bertz CT molecular complexity index is 421. The van der Waals surface area contributed by atoms with Crippen LogP contribution in [0.15, 0.2) is 18.2 Å². The fraction of sp³-hybridized carbons (Fsp3) is 0.500. The average molecular weight is 286 g/mol. The molecule has 1 rings (SSSR count). The standard InChI is InChI=1S/C14H20ClNO3/c1-10(2)5-7-19-8-6-16-13-4-3-11(14(17)18)9-12(13)15/h3-4,9-10,16H,5-8H2,1-2H3,(H,17,18). The van der Waals surface area contributed by atoms with Crippen LogP contribution < -0.4 is 5.32 Å². The molecule has 0 aliphatic carbocycles. The minimum Gasteiger partial charge on any atom is -0.478 e. The van der Waals surface area contributed by atoms with Crippen LogP contribution in [0.2, 0.25) is 5.02 Å². The van der Waals surface area contributed by atoms with Crippen LogP contribution in [0.25, 0.3) is 0 Å². The zero-order chi connectivity index (χ0) is 14.3. The van der Waals surface area contributed by atoms with Gasteiger partial charge >= 0.3 is 5.97 Å². The second-order valence-corrected chi connectivity index (χ2v) is 5.13. The van der Waals surface area contributed by atoms with Crippen molar-refractivity contribution < 1.29 is 14.6 Å². The molecule has 106 valence electrons. The van der Waals surface area contributed by atoms with Gasteiger partial charge in [-0.05, 0) is 30.5 Å². The summed E-state index contributed by atoms with van der Waals surface area (Å²) in [5.41, 5.74) is 0.905. The minimum absolute atomic E-state index is 0.184. The smallest absolute Gasteiger partial charge is 0.335 e. The van der Waals surface area contributed by atoms with Crippen molar-refractivity contribution in [1.29, 1.82) is 0 Å². The van der Waals surface area contributed by atoms with Gasteiger partial charge in [0, 0.05) is 13.2 Å². The summed E-state index contributed by atoms with van der Waals surface area (Å²) in [4.78, 5) is 10.8. The minimum atomic E-state index is -0.981. The van der Waals surface area contributed by atoms with E-state index in [2.05, 4.69) is 19.2 Å². The average Bonchev–Trinajstić information content (AvgIpc) is 2.34. The number of hydrogen-bond acceptors (Lipinski definition) is 3. The normalized spacial score (nSPS) is 10.7. The van der Waals surface area contributed by atoms with E-state index in [4.69, 9.17) is 21.4 Å². The lowest BCUT2D eigenvalue weighted by Crippen LogP contribution is -2.11. The quantitative estimate of drug-likeness (QED) is 0.718. The number of halogens is 1. The summed E-state index contributed by atoms with van der Waals surface area (Å²) >= 11 is 5.99. The summed E-state index contributed by atoms with van der Waals surface area (Å²) < 4.78 is 5.47. The molecular weight excluding hydrogens is 266 g/mol. The third kappa shape index (κ3) is 5.94. The van der Waals surface area contributed by atoms with Crippen LogP contribution in [0.5, 0.6) is 0 Å². The molecule has 0 saturated heterocycles. The van der Waals surface area contributed by atoms with Crippen molar-refractivity contribution >= 4 is 23.3 Å². The number of carboxylic acids is 1. The maximum Gasteiger partial charge on any atom is 0.335 e. The molecular formula is C14H20ClNO3. The Hall–Kier alpha value is -1.26. The van der Waals surface area contributed by atoms with Gasteiger partial charge in [0.1, 0.15) is 0 Å². The van der Waals surface area contributed by atoms with Crippen molar-refractivity contribution in [3.63, 3.8) is 0 Å². The lowest BCUT2D eigenvalue weighted by Gasteiger charge is -2.10. The molecule has 0 saturated carbocycles. The Balaban J connectivity index is 2.32. The van der Waals surface area contributed by atoms with Crippen molar-refractivity contribution in [2.24, 2.45) is 5.92 Å². The van der Waals surface area contributed by atoms with Gasteiger partial charge in [-0.25, -0.2) is 4.79 Å². The molecule has 1 aromatic carbocycles. The first kappa shape index (κ1) is 15.8. The van der Waals surface area contributed by atoms with Crippen LogP contribution in [0, 0.1) is 5.92 Å². The SMILES string of the molecule is CC(C)CCOCCNc1ccc(C(=O)O)cc1Cl. The summed E-state index contributed by atoms with van der Waals surface area (Å²) in [6.07, 6.45) is 1.05. The first-order chi connectivity index (χ1) is 9.00. The molecule has 0 heterocycles. The third-order valence-electron chi connectivity index (χ3n) is 2.62. The number of anilines is 1. The molecule has 0 atom stereocenters. The van der Waals surface area contributed by atoms with Gasteiger partial charge in [0.05, 0.1) is 22.9 Å². The van der Waals surface area contributed by atoms with E-state index in [1.807, 2.05) is 0 Å². The zero-order valence-electron chi connectivity index (χ0n) is 11.3. The van der Waals surface area contributed by atoms with Gasteiger partial charge in [-0.2, -0.15) is 0 Å². The van der Waals surface area contributed by atoms with E-state index in [9.17, 15) is 4.79 Å². The molecule has 0 aliphatic heterocycles. The number of ether oxygens (including phenoxy) is 1. The maximum atomic E-state index is 10.8. The number of aromatic carboxylic acids is 1. The van der Waals surface area contributed by atoms with Crippen LogP contribution >= 0.6 is 11.6 Å². The van der Waals surface area contributed by atoms with Gasteiger partial charge in [0.25, 0.3) is 0 Å². The molecule has 0 amide bonds. The highest BCUT2D eigenvalue weighted by Gasteiger charge is 2.06. The molecule has 1 aromatic rings.